The largest absolute Gasteiger partial charge is 0.411 e. The number of hydrogen-bond acceptors (Lipinski definition) is 3. The first-order valence-electron chi connectivity index (χ1n) is 7.29. The number of urea groups is 1. The molecule has 2 amide bonds. The van der Waals surface area contributed by atoms with Gasteiger partial charge in [0.1, 0.15) is 6.61 Å². The smallest absolute Gasteiger partial charge is 0.367 e. The third-order valence-corrected chi connectivity index (χ3v) is 4.75. The van der Waals surface area contributed by atoms with E-state index in [4.69, 9.17) is 0 Å². The van der Waals surface area contributed by atoms with Gasteiger partial charge in [0.2, 0.25) is 0 Å². The molecule has 2 rings (SSSR count). The molecule has 4 nitrogen and oxygen atoms in total. The van der Waals surface area contributed by atoms with Crippen LogP contribution >= 0.6 is 27.3 Å². The number of ether oxygens (including phenoxy) is 1. The van der Waals surface area contributed by atoms with Gasteiger partial charge in [0, 0.05) is 21.3 Å². The van der Waals surface area contributed by atoms with Gasteiger partial charge < -0.3 is 15.4 Å². The molecule has 136 valence electrons. The molecule has 1 heterocycles. The number of carbonyl (C=O) groups is 1. The highest BCUT2D eigenvalue weighted by Crippen LogP contribution is 2.19. The Morgan fingerprint density at radius 3 is 2.36 bits per heavy atom. The summed E-state index contributed by atoms with van der Waals surface area (Å²) in [6.45, 7) is -0.609. The van der Waals surface area contributed by atoms with Crippen molar-refractivity contribution in [2.45, 2.75) is 25.9 Å². The summed E-state index contributed by atoms with van der Waals surface area (Å²) < 4.78 is 41.6. The van der Waals surface area contributed by atoms with Crippen LogP contribution in [0.15, 0.2) is 40.2 Å². The number of alkyl halides is 3. The summed E-state index contributed by atoms with van der Waals surface area (Å²) in [5.74, 6) is 0. The van der Waals surface area contributed by atoms with Crippen LogP contribution in [0.4, 0.5) is 18.0 Å². The van der Waals surface area contributed by atoms with Gasteiger partial charge in [-0.3, -0.25) is 0 Å². The fourth-order valence-electron chi connectivity index (χ4n) is 1.90. The first-order valence-corrected chi connectivity index (χ1v) is 8.96. The molecular formula is C16H16BrF3N2O2S. The van der Waals surface area contributed by atoms with E-state index in [0.29, 0.717) is 18.7 Å². The lowest BCUT2D eigenvalue weighted by Crippen LogP contribution is -2.34. The summed E-state index contributed by atoms with van der Waals surface area (Å²) in [5.41, 5.74) is 1.48. The van der Waals surface area contributed by atoms with Gasteiger partial charge >= 0.3 is 12.2 Å². The van der Waals surface area contributed by atoms with Gasteiger partial charge in [-0.25, -0.2) is 4.79 Å². The number of rotatable bonds is 7. The zero-order valence-electron chi connectivity index (χ0n) is 13.0. The number of benzene rings is 1. The van der Waals surface area contributed by atoms with E-state index in [1.807, 2.05) is 11.4 Å². The van der Waals surface area contributed by atoms with Crippen LogP contribution < -0.4 is 10.6 Å². The Kier molecular flexibility index (Phi) is 7.27. The molecular weight excluding hydrogens is 421 g/mol. The fourth-order valence-corrected chi connectivity index (χ4v) is 3.29. The van der Waals surface area contributed by atoms with E-state index >= 15 is 0 Å². The molecule has 0 aliphatic carbocycles. The molecule has 0 fully saturated rings. The maximum Gasteiger partial charge on any atom is 0.411 e. The Labute approximate surface area is 155 Å². The van der Waals surface area contributed by atoms with Crippen LogP contribution in [-0.4, -0.2) is 18.8 Å². The van der Waals surface area contributed by atoms with Crippen molar-refractivity contribution in [2.75, 3.05) is 6.61 Å². The average molecular weight is 437 g/mol. The minimum Gasteiger partial charge on any atom is -0.367 e. The van der Waals surface area contributed by atoms with E-state index in [0.717, 1.165) is 14.9 Å². The second kappa shape index (κ2) is 9.21. The number of thiophene rings is 1. The maximum absolute atomic E-state index is 12.0. The molecule has 25 heavy (non-hydrogen) atoms. The zero-order chi connectivity index (χ0) is 18.3. The summed E-state index contributed by atoms with van der Waals surface area (Å²) >= 11 is 4.89. The first-order chi connectivity index (χ1) is 11.8. The SMILES string of the molecule is O=C(NCc1ccc(COCC(F)(F)F)cc1)NCc1cc(Br)cs1. The van der Waals surface area contributed by atoms with E-state index in [1.165, 1.54) is 0 Å². The van der Waals surface area contributed by atoms with Gasteiger partial charge in [-0.15, -0.1) is 11.3 Å². The molecule has 1 aromatic heterocycles. The third-order valence-electron chi connectivity index (χ3n) is 3.06. The molecule has 9 heteroatoms. The van der Waals surface area contributed by atoms with E-state index in [-0.39, 0.29) is 12.6 Å². The highest BCUT2D eigenvalue weighted by Gasteiger charge is 2.27. The van der Waals surface area contributed by atoms with Crippen molar-refractivity contribution in [2.24, 2.45) is 0 Å². The summed E-state index contributed by atoms with van der Waals surface area (Å²) in [5, 5.41) is 7.41. The Balaban J connectivity index is 1.69. The standard InChI is InChI=1S/C16H16BrF3N2O2S/c17-13-5-14(25-9-13)7-22-15(23)21-6-11-1-3-12(4-2-11)8-24-10-16(18,19)20/h1-5,9H,6-8,10H2,(H2,21,22,23). The van der Waals surface area contributed by atoms with E-state index in [9.17, 15) is 18.0 Å². The van der Waals surface area contributed by atoms with E-state index in [2.05, 4.69) is 31.3 Å². The molecule has 2 aromatic rings. The van der Waals surface area contributed by atoms with Crippen LogP contribution in [-0.2, 0) is 24.4 Å². The Morgan fingerprint density at radius 2 is 1.76 bits per heavy atom. The van der Waals surface area contributed by atoms with E-state index < -0.39 is 12.8 Å². The Bertz CT molecular complexity index is 689. The predicted molar refractivity (Wildman–Crippen MR) is 93.2 cm³/mol. The third kappa shape index (κ3) is 7.89. The monoisotopic (exact) mass is 436 g/mol. The molecule has 0 radical (unpaired) electrons. The number of carbonyl (C=O) groups excluding carboxylic acids is 1. The molecule has 0 bridgehead atoms. The van der Waals surface area contributed by atoms with E-state index in [1.54, 1.807) is 35.6 Å². The molecule has 0 aliphatic heterocycles. The molecule has 0 saturated carbocycles. The van der Waals surface area contributed by atoms with Crippen LogP contribution in [0.1, 0.15) is 16.0 Å². The fraction of sp³-hybridized carbons (Fsp3) is 0.312. The topological polar surface area (TPSA) is 50.4 Å². The predicted octanol–water partition coefficient (Wildman–Crippen LogP) is 4.59. The second-order valence-corrected chi connectivity index (χ2v) is 7.10. The Morgan fingerprint density at radius 1 is 1.12 bits per heavy atom. The normalized spacial score (nSPS) is 11.4. The average Bonchev–Trinajstić information content (AvgIpc) is 2.96. The lowest BCUT2D eigenvalue weighted by molar-refractivity contribution is -0.176. The lowest BCUT2D eigenvalue weighted by atomic mass is 10.1. The van der Waals surface area contributed by atoms with Crippen LogP contribution in [0.2, 0.25) is 0 Å². The highest BCUT2D eigenvalue weighted by atomic mass is 79.9. The zero-order valence-corrected chi connectivity index (χ0v) is 15.4. The van der Waals surface area contributed by atoms with Crippen LogP contribution in [0.25, 0.3) is 0 Å². The molecule has 0 aliphatic rings. The van der Waals surface area contributed by atoms with Crippen molar-refractivity contribution in [1.82, 2.24) is 10.6 Å². The highest BCUT2D eigenvalue weighted by molar-refractivity contribution is 9.10. The maximum atomic E-state index is 12.0. The van der Waals surface area contributed by atoms with Crippen molar-refractivity contribution in [3.8, 4) is 0 Å². The van der Waals surface area contributed by atoms with Gasteiger partial charge in [0.15, 0.2) is 0 Å². The van der Waals surface area contributed by atoms with Crippen LogP contribution in [0.5, 0.6) is 0 Å². The molecule has 0 unspecified atom stereocenters. The first kappa shape index (κ1) is 19.7. The lowest BCUT2D eigenvalue weighted by Gasteiger charge is -2.09. The summed E-state index contributed by atoms with van der Waals surface area (Å²) in [4.78, 5) is 12.8. The van der Waals surface area contributed by atoms with Gasteiger partial charge in [-0.2, -0.15) is 13.2 Å². The van der Waals surface area contributed by atoms with Crippen molar-refractivity contribution in [1.29, 1.82) is 0 Å². The minimum atomic E-state index is -4.32. The molecule has 2 N–H and O–H groups in total. The van der Waals surface area contributed by atoms with Crippen molar-refractivity contribution in [3.05, 3.63) is 56.2 Å². The van der Waals surface area contributed by atoms with Gasteiger partial charge in [-0.05, 0) is 33.1 Å². The molecule has 1 aromatic carbocycles. The quantitative estimate of drug-likeness (QED) is 0.666. The second-order valence-electron chi connectivity index (χ2n) is 5.19. The van der Waals surface area contributed by atoms with Crippen molar-refractivity contribution in [3.63, 3.8) is 0 Å². The van der Waals surface area contributed by atoms with Crippen molar-refractivity contribution < 1.29 is 22.7 Å². The van der Waals surface area contributed by atoms with Gasteiger partial charge in [0.05, 0.1) is 13.2 Å². The summed E-state index contributed by atoms with van der Waals surface area (Å²) in [7, 11) is 0. The summed E-state index contributed by atoms with van der Waals surface area (Å²) in [6.07, 6.45) is -4.32. The number of nitrogens with one attached hydrogen (secondary N) is 2. The minimum absolute atomic E-state index is 0.107. The number of amides is 2. The van der Waals surface area contributed by atoms with Crippen LogP contribution in [0.3, 0.4) is 0 Å². The molecule has 0 atom stereocenters. The Hall–Kier alpha value is -1.58. The summed E-state index contributed by atoms with van der Waals surface area (Å²) in [6, 6.07) is 8.47. The van der Waals surface area contributed by atoms with Crippen molar-refractivity contribution >= 4 is 33.3 Å². The van der Waals surface area contributed by atoms with Crippen LogP contribution in [0, 0.1) is 0 Å². The molecule has 0 saturated heterocycles. The molecule has 0 spiro atoms. The van der Waals surface area contributed by atoms with Gasteiger partial charge in [0.25, 0.3) is 0 Å². The number of hydrogen-bond donors (Lipinski definition) is 2. The van der Waals surface area contributed by atoms with Gasteiger partial charge in [-0.1, -0.05) is 24.3 Å². The number of halogens is 4.